The molecule has 1 saturated carbocycles. The van der Waals surface area contributed by atoms with E-state index in [2.05, 4.69) is 5.32 Å². The van der Waals surface area contributed by atoms with Crippen LogP contribution in [0.3, 0.4) is 0 Å². The third-order valence-corrected chi connectivity index (χ3v) is 5.16. The normalized spacial score (nSPS) is 17.2. The number of likely N-dealkylation sites (N-methyl/N-ethyl adjacent to an activating group) is 1. The third kappa shape index (κ3) is 7.72. The highest BCUT2D eigenvalue weighted by atomic mass is 16.5. The molecule has 0 heterocycles. The van der Waals surface area contributed by atoms with E-state index < -0.39 is 12.0 Å². The van der Waals surface area contributed by atoms with Crippen LogP contribution >= 0.6 is 0 Å². The molecule has 2 N–H and O–H groups in total. The van der Waals surface area contributed by atoms with E-state index in [0.29, 0.717) is 30.2 Å². The van der Waals surface area contributed by atoms with Crippen molar-refractivity contribution in [3.8, 4) is 0 Å². The molecule has 1 fully saturated rings. The first-order valence-corrected chi connectivity index (χ1v) is 9.81. The molecule has 2 atom stereocenters. The van der Waals surface area contributed by atoms with Gasteiger partial charge in [0.2, 0.25) is 18.2 Å². The van der Waals surface area contributed by atoms with Gasteiger partial charge in [0.05, 0.1) is 12.5 Å². The largest absolute Gasteiger partial charge is 0.347 e. The first kappa shape index (κ1) is 22.4. The lowest BCUT2D eigenvalue weighted by molar-refractivity contribution is -0.155. The minimum Gasteiger partial charge on any atom is -0.347 e. The molecule has 1 aliphatic carbocycles. The van der Waals surface area contributed by atoms with Crippen LogP contribution < -0.4 is 5.32 Å². The second kappa shape index (κ2) is 11.9. The van der Waals surface area contributed by atoms with E-state index in [1.807, 2.05) is 6.92 Å². The number of rotatable bonds is 11. The first-order valence-electron chi connectivity index (χ1n) is 9.81. The van der Waals surface area contributed by atoms with E-state index in [9.17, 15) is 19.6 Å². The van der Waals surface area contributed by atoms with Crippen LogP contribution in [0.15, 0.2) is 0 Å². The van der Waals surface area contributed by atoms with Crippen LogP contribution in [0.25, 0.3) is 0 Å². The summed E-state index contributed by atoms with van der Waals surface area (Å²) in [6.07, 6.45) is 9.06. The zero-order valence-corrected chi connectivity index (χ0v) is 16.4. The highest BCUT2D eigenvalue weighted by Gasteiger charge is 2.30. The number of unbranched alkanes of at least 4 members (excludes halogenated alkanes) is 1. The van der Waals surface area contributed by atoms with Gasteiger partial charge in [-0.2, -0.15) is 0 Å². The van der Waals surface area contributed by atoms with Crippen LogP contribution in [0, 0.1) is 11.8 Å². The summed E-state index contributed by atoms with van der Waals surface area (Å²) in [5.41, 5.74) is 0. The van der Waals surface area contributed by atoms with Crippen molar-refractivity contribution in [3.05, 3.63) is 0 Å². The Labute approximate surface area is 157 Å². The van der Waals surface area contributed by atoms with Gasteiger partial charge in [0, 0.05) is 14.1 Å². The van der Waals surface area contributed by atoms with Crippen molar-refractivity contribution in [2.24, 2.45) is 11.8 Å². The minimum absolute atomic E-state index is 0.0539. The molecule has 0 aromatic heterocycles. The average Bonchev–Trinajstić information content (AvgIpc) is 2.64. The van der Waals surface area contributed by atoms with Gasteiger partial charge in [-0.05, 0) is 18.8 Å². The van der Waals surface area contributed by atoms with E-state index in [0.717, 1.165) is 25.7 Å². The van der Waals surface area contributed by atoms with Crippen molar-refractivity contribution < 1.29 is 19.6 Å². The maximum Gasteiger partial charge on any atom is 0.244 e. The summed E-state index contributed by atoms with van der Waals surface area (Å²) < 4.78 is 0. The quantitative estimate of drug-likeness (QED) is 0.332. The van der Waals surface area contributed by atoms with E-state index in [1.165, 1.54) is 24.2 Å². The monoisotopic (exact) mass is 369 g/mol. The summed E-state index contributed by atoms with van der Waals surface area (Å²) in [4.78, 5) is 37.5. The molecule has 7 heteroatoms. The smallest absolute Gasteiger partial charge is 0.244 e. The van der Waals surface area contributed by atoms with Crippen molar-refractivity contribution in [1.29, 1.82) is 0 Å². The standard InChI is InChI=1S/C19H35N3O4/c1-4-5-11-16(13-22(26)14-23)18(24)20-17(19(25)21(2)3)12-15-9-7-6-8-10-15/h14-17,26H,4-13H2,1-3H3,(H,20,24)/t16-,17+/m1/s1. The summed E-state index contributed by atoms with van der Waals surface area (Å²) in [7, 11) is 3.39. The second-order valence-corrected chi connectivity index (χ2v) is 7.60. The summed E-state index contributed by atoms with van der Waals surface area (Å²) in [6.45, 7) is 1.97. The van der Waals surface area contributed by atoms with E-state index in [4.69, 9.17) is 0 Å². The Hall–Kier alpha value is -1.63. The Balaban J connectivity index is 2.78. The Bertz CT molecular complexity index is 450. The molecule has 3 amide bonds. The molecule has 1 aliphatic rings. The molecule has 150 valence electrons. The molecule has 0 aromatic rings. The summed E-state index contributed by atoms with van der Waals surface area (Å²) in [5.74, 6) is -0.435. The number of amides is 3. The predicted molar refractivity (Wildman–Crippen MR) is 99.4 cm³/mol. The first-order chi connectivity index (χ1) is 12.4. The average molecular weight is 370 g/mol. The lowest BCUT2D eigenvalue weighted by Gasteiger charge is -2.29. The zero-order chi connectivity index (χ0) is 19.5. The van der Waals surface area contributed by atoms with Crippen LogP contribution in [0.4, 0.5) is 0 Å². The molecule has 26 heavy (non-hydrogen) atoms. The minimum atomic E-state index is -0.548. The van der Waals surface area contributed by atoms with Gasteiger partial charge in [-0.1, -0.05) is 51.9 Å². The zero-order valence-electron chi connectivity index (χ0n) is 16.4. The Morgan fingerprint density at radius 3 is 2.42 bits per heavy atom. The lowest BCUT2D eigenvalue weighted by atomic mass is 9.84. The lowest BCUT2D eigenvalue weighted by Crippen LogP contribution is -2.50. The van der Waals surface area contributed by atoms with Gasteiger partial charge in [0.1, 0.15) is 6.04 Å². The van der Waals surface area contributed by atoms with Crippen molar-refractivity contribution in [2.75, 3.05) is 20.6 Å². The number of hydroxylamine groups is 2. The maximum atomic E-state index is 12.7. The Morgan fingerprint density at radius 1 is 1.23 bits per heavy atom. The molecule has 7 nitrogen and oxygen atoms in total. The molecular weight excluding hydrogens is 334 g/mol. The molecule has 0 bridgehead atoms. The molecule has 0 aliphatic heterocycles. The Morgan fingerprint density at radius 2 is 1.88 bits per heavy atom. The highest BCUT2D eigenvalue weighted by molar-refractivity contribution is 5.88. The SMILES string of the molecule is CCCC[C@H](CN(O)C=O)C(=O)N[C@@H](CC1CCCCC1)C(=O)N(C)C. The van der Waals surface area contributed by atoms with Gasteiger partial charge in [-0.3, -0.25) is 19.6 Å². The van der Waals surface area contributed by atoms with Gasteiger partial charge >= 0.3 is 0 Å². The van der Waals surface area contributed by atoms with Crippen LogP contribution in [0.5, 0.6) is 0 Å². The molecule has 0 aromatic carbocycles. The van der Waals surface area contributed by atoms with Crippen molar-refractivity contribution in [3.63, 3.8) is 0 Å². The number of hydrogen-bond donors (Lipinski definition) is 2. The van der Waals surface area contributed by atoms with Crippen LogP contribution in [0.1, 0.15) is 64.7 Å². The van der Waals surface area contributed by atoms with Crippen molar-refractivity contribution in [1.82, 2.24) is 15.3 Å². The van der Waals surface area contributed by atoms with E-state index >= 15 is 0 Å². The predicted octanol–water partition coefficient (Wildman–Crippen LogP) is 2.18. The van der Waals surface area contributed by atoms with Gasteiger partial charge in [0.25, 0.3) is 0 Å². The molecule has 0 radical (unpaired) electrons. The molecule has 1 rings (SSSR count). The highest BCUT2D eigenvalue weighted by Crippen LogP contribution is 2.27. The molecule has 0 spiro atoms. The summed E-state index contributed by atoms with van der Waals surface area (Å²) in [6, 6.07) is -0.548. The van der Waals surface area contributed by atoms with Crippen LogP contribution in [0.2, 0.25) is 0 Å². The fraction of sp³-hybridized carbons (Fsp3) is 0.842. The van der Waals surface area contributed by atoms with Crippen molar-refractivity contribution in [2.45, 2.75) is 70.8 Å². The number of nitrogens with zero attached hydrogens (tertiary/aromatic N) is 2. The maximum absolute atomic E-state index is 12.7. The van der Waals surface area contributed by atoms with Gasteiger partial charge < -0.3 is 10.2 Å². The fourth-order valence-corrected chi connectivity index (χ4v) is 3.60. The van der Waals surface area contributed by atoms with Gasteiger partial charge in [-0.25, -0.2) is 5.06 Å². The van der Waals surface area contributed by atoms with E-state index in [-0.39, 0.29) is 18.4 Å². The summed E-state index contributed by atoms with van der Waals surface area (Å²) in [5, 5.41) is 12.9. The van der Waals surface area contributed by atoms with Crippen molar-refractivity contribution >= 4 is 18.2 Å². The second-order valence-electron chi connectivity index (χ2n) is 7.60. The summed E-state index contributed by atoms with van der Waals surface area (Å²) >= 11 is 0. The Kier molecular flexibility index (Phi) is 10.2. The number of carbonyl (C=O) groups excluding carboxylic acids is 3. The molecule has 0 unspecified atom stereocenters. The fourth-order valence-electron chi connectivity index (χ4n) is 3.60. The van der Waals surface area contributed by atoms with Crippen LogP contribution in [-0.2, 0) is 14.4 Å². The third-order valence-electron chi connectivity index (χ3n) is 5.16. The number of nitrogens with one attached hydrogen (secondary N) is 1. The number of hydrogen-bond acceptors (Lipinski definition) is 4. The molecule has 0 saturated heterocycles. The van der Waals surface area contributed by atoms with E-state index in [1.54, 1.807) is 14.1 Å². The topological polar surface area (TPSA) is 90.0 Å². The number of carbonyl (C=O) groups is 3. The van der Waals surface area contributed by atoms with Crippen LogP contribution in [-0.4, -0.2) is 60.1 Å². The molecular formula is C19H35N3O4. The van der Waals surface area contributed by atoms with Gasteiger partial charge in [-0.15, -0.1) is 0 Å². The van der Waals surface area contributed by atoms with Gasteiger partial charge in [0.15, 0.2) is 0 Å².